The molecule has 1 aliphatic rings. The number of pyridine rings is 1. The zero-order chi connectivity index (χ0) is 24.1. The smallest absolute Gasteiger partial charge is 0.305 e. The molecule has 1 aromatic heterocycles. The quantitative estimate of drug-likeness (QED) is 0.498. The van der Waals surface area contributed by atoms with Crippen molar-refractivity contribution < 1.29 is 19.1 Å². The third-order valence-corrected chi connectivity index (χ3v) is 6.52. The summed E-state index contributed by atoms with van der Waals surface area (Å²) in [4.78, 5) is 37.0. The van der Waals surface area contributed by atoms with E-state index in [1.54, 1.807) is 13.0 Å². The van der Waals surface area contributed by atoms with Gasteiger partial charge in [-0.1, -0.05) is 33.1 Å². The fourth-order valence-electron chi connectivity index (χ4n) is 4.71. The van der Waals surface area contributed by atoms with E-state index in [0.717, 1.165) is 38.5 Å². The molecule has 0 saturated heterocycles. The number of anilines is 1. The number of hydrogen-bond acceptors (Lipinski definition) is 4. The molecule has 1 amide bonds. The number of halogens is 1. The number of carboxylic acids is 1. The predicted molar refractivity (Wildman–Crippen MR) is 127 cm³/mol. The van der Waals surface area contributed by atoms with E-state index in [4.69, 9.17) is 5.11 Å². The lowest BCUT2D eigenvalue weighted by Crippen LogP contribution is -2.37. The van der Waals surface area contributed by atoms with Crippen molar-refractivity contribution in [2.45, 2.75) is 90.3 Å². The number of hydrogen-bond donors (Lipinski definition) is 3. The summed E-state index contributed by atoms with van der Waals surface area (Å²) in [5.41, 5.74) is 0.290. The van der Waals surface area contributed by atoms with Crippen molar-refractivity contribution in [1.29, 1.82) is 0 Å². The molecule has 180 valence electrons. The first-order chi connectivity index (χ1) is 15.7. The average Bonchev–Trinajstić information content (AvgIpc) is 2.77. The van der Waals surface area contributed by atoms with E-state index in [-0.39, 0.29) is 29.5 Å². The maximum Gasteiger partial charge on any atom is 0.305 e. The van der Waals surface area contributed by atoms with Crippen LogP contribution in [0.25, 0.3) is 10.9 Å². The number of fused-ring (bicyclic) bond motifs is 1. The molecule has 7 nitrogen and oxygen atoms in total. The monoisotopic (exact) mass is 459 g/mol. The topological polar surface area (TPSA) is 100 Å². The molecule has 1 aliphatic carbocycles. The number of nitrogens with one attached hydrogen (secondary N) is 2. The number of rotatable bonds is 9. The SMILES string of the molecule is CCC(CC)n1cc(C(=O)NC(C)CC(=O)O)c(=O)c2cc(F)c(NC3CCCCC3)cc21. The van der Waals surface area contributed by atoms with Gasteiger partial charge in [0.15, 0.2) is 0 Å². The van der Waals surface area contributed by atoms with Crippen LogP contribution in [-0.2, 0) is 4.79 Å². The van der Waals surface area contributed by atoms with Crippen molar-refractivity contribution in [2.75, 3.05) is 5.32 Å². The van der Waals surface area contributed by atoms with Crippen LogP contribution in [-0.4, -0.2) is 33.6 Å². The highest BCUT2D eigenvalue weighted by Crippen LogP contribution is 2.29. The first kappa shape index (κ1) is 24.7. The van der Waals surface area contributed by atoms with Gasteiger partial charge in [-0.3, -0.25) is 14.4 Å². The van der Waals surface area contributed by atoms with Gasteiger partial charge in [0.2, 0.25) is 5.43 Å². The fraction of sp³-hybridized carbons (Fsp3) is 0.560. The maximum absolute atomic E-state index is 15.1. The van der Waals surface area contributed by atoms with E-state index >= 15 is 4.39 Å². The van der Waals surface area contributed by atoms with Crippen molar-refractivity contribution in [3.63, 3.8) is 0 Å². The zero-order valence-electron chi connectivity index (χ0n) is 19.6. The maximum atomic E-state index is 15.1. The molecule has 0 bridgehead atoms. The van der Waals surface area contributed by atoms with Gasteiger partial charge in [-0.05, 0) is 44.7 Å². The summed E-state index contributed by atoms with van der Waals surface area (Å²) >= 11 is 0. The Kier molecular flexibility index (Phi) is 8.10. The Balaban J connectivity index is 2.08. The number of carbonyl (C=O) groups is 2. The molecule has 8 heteroatoms. The first-order valence-corrected chi connectivity index (χ1v) is 11.9. The van der Waals surface area contributed by atoms with Crippen molar-refractivity contribution in [1.82, 2.24) is 9.88 Å². The summed E-state index contributed by atoms with van der Waals surface area (Å²) in [5.74, 6) is -2.21. The van der Waals surface area contributed by atoms with Crippen LogP contribution in [0.4, 0.5) is 10.1 Å². The molecule has 1 atom stereocenters. The molecule has 3 rings (SSSR count). The standard InChI is InChI=1S/C25H34FN3O4/c1-4-17(5-2)29-14-19(25(33)27-15(3)11-23(30)31)24(32)18-12-20(26)21(13-22(18)29)28-16-9-7-6-8-10-16/h12-17,28H,4-11H2,1-3H3,(H,27,33)(H,30,31). The fourth-order valence-corrected chi connectivity index (χ4v) is 4.71. The molecular formula is C25H34FN3O4. The number of benzene rings is 1. The van der Waals surface area contributed by atoms with E-state index < -0.39 is 29.2 Å². The molecule has 0 spiro atoms. The lowest BCUT2D eigenvalue weighted by molar-refractivity contribution is -0.137. The van der Waals surface area contributed by atoms with Crippen molar-refractivity contribution >= 4 is 28.5 Å². The minimum absolute atomic E-state index is 0.0177. The Bertz CT molecular complexity index is 1070. The Morgan fingerprint density at radius 1 is 1.18 bits per heavy atom. The molecule has 1 aromatic carbocycles. The molecule has 0 radical (unpaired) electrons. The van der Waals surface area contributed by atoms with Gasteiger partial charge in [-0.25, -0.2) is 4.39 Å². The van der Waals surface area contributed by atoms with E-state index in [1.165, 1.54) is 18.7 Å². The highest BCUT2D eigenvalue weighted by molar-refractivity contribution is 5.98. The number of carboxylic acid groups (broad SMARTS) is 1. The van der Waals surface area contributed by atoms with Crippen molar-refractivity contribution in [3.8, 4) is 0 Å². The second-order valence-corrected chi connectivity index (χ2v) is 9.05. The number of carbonyl (C=O) groups excluding carboxylic acids is 1. The first-order valence-electron chi connectivity index (χ1n) is 11.9. The molecule has 1 unspecified atom stereocenters. The lowest BCUT2D eigenvalue weighted by Gasteiger charge is -2.26. The number of amides is 1. The van der Waals surface area contributed by atoms with Gasteiger partial charge in [0.05, 0.1) is 17.6 Å². The van der Waals surface area contributed by atoms with E-state index in [1.807, 2.05) is 18.4 Å². The summed E-state index contributed by atoms with van der Waals surface area (Å²) in [7, 11) is 0. The normalized spacial score (nSPS) is 15.5. The second kappa shape index (κ2) is 10.8. The summed E-state index contributed by atoms with van der Waals surface area (Å²) in [6.45, 7) is 5.62. The van der Waals surface area contributed by atoms with Crippen LogP contribution < -0.4 is 16.1 Å². The molecular weight excluding hydrogens is 425 g/mol. The van der Waals surface area contributed by atoms with Gasteiger partial charge in [-0.2, -0.15) is 0 Å². The number of nitrogens with zero attached hydrogens (tertiary/aromatic N) is 1. The average molecular weight is 460 g/mol. The van der Waals surface area contributed by atoms with Crippen LogP contribution in [0.15, 0.2) is 23.1 Å². The van der Waals surface area contributed by atoms with Gasteiger partial charge in [0.25, 0.3) is 5.91 Å². The zero-order valence-corrected chi connectivity index (χ0v) is 19.6. The highest BCUT2D eigenvalue weighted by atomic mass is 19.1. The second-order valence-electron chi connectivity index (χ2n) is 9.05. The van der Waals surface area contributed by atoms with Crippen LogP contribution in [0, 0.1) is 5.82 Å². The number of aliphatic carboxylic acids is 1. The summed E-state index contributed by atoms with van der Waals surface area (Å²) in [6.07, 6.45) is 8.23. The Labute approximate surface area is 193 Å². The third kappa shape index (κ3) is 5.72. The lowest BCUT2D eigenvalue weighted by atomic mass is 9.95. The predicted octanol–water partition coefficient (Wildman–Crippen LogP) is 4.84. The van der Waals surface area contributed by atoms with E-state index in [2.05, 4.69) is 10.6 Å². The Morgan fingerprint density at radius 3 is 2.45 bits per heavy atom. The number of aromatic nitrogens is 1. The molecule has 1 heterocycles. The van der Waals surface area contributed by atoms with Crippen LogP contribution in [0.3, 0.4) is 0 Å². The molecule has 1 saturated carbocycles. The molecule has 33 heavy (non-hydrogen) atoms. The minimum Gasteiger partial charge on any atom is -0.481 e. The molecule has 0 aliphatic heterocycles. The third-order valence-electron chi connectivity index (χ3n) is 6.52. The van der Waals surface area contributed by atoms with Gasteiger partial charge in [0.1, 0.15) is 11.4 Å². The van der Waals surface area contributed by atoms with Gasteiger partial charge < -0.3 is 20.3 Å². The summed E-state index contributed by atoms with van der Waals surface area (Å²) in [6, 6.07) is 2.49. The molecule has 2 aromatic rings. The van der Waals surface area contributed by atoms with Gasteiger partial charge in [-0.15, -0.1) is 0 Å². The largest absolute Gasteiger partial charge is 0.481 e. The van der Waals surface area contributed by atoms with Gasteiger partial charge in [0, 0.05) is 29.7 Å². The summed E-state index contributed by atoms with van der Waals surface area (Å²) in [5, 5.41) is 15.0. The molecule has 3 N–H and O–H groups in total. The van der Waals surface area contributed by atoms with E-state index in [9.17, 15) is 14.4 Å². The van der Waals surface area contributed by atoms with Crippen molar-refractivity contribution in [2.24, 2.45) is 0 Å². The van der Waals surface area contributed by atoms with Gasteiger partial charge >= 0.3 is 5.97 Å². The minimum atomic E-state index is -1.05. The van der Waals surface area contributed by atoms with Crippen molar-refractivity contribution in [3.05, 3.63) is 39.9 Å². The van der Waals surface area contributed by atoms with Crippen LogP contribution >= 0.6 is 0 Å². The summed E-state index contributed by atoms with van der Waals surface area (Å²) < 4.78 is 16.9. The Morgan fingerprint density at radius 2 is 1.85 bits per heavy atom. The van der Waals surface area contributed by atoms with E-state index in [0.29, 0.717) is 11.2 Å². The van der Waals surface area contributed by atoms with Crippen LogP contribution in [0.1, 0.15) is 88.5 Å². The van der Waals surface area contributed by atoms with Crippen LogP contribution in [0.5, 0.6) is 0 Å². The highest BCUT2D eigenvalue weighted by Gasteiger charge is 2.22. The molecule has 1 fully saturated rings. The Hall–Kier alpha value is -2.90. The van der Waals surface area contributed by atoms with Crippen LogP contribution in [0.2, 0.25) is 0 Å².